The lowest BCUT2D eigenvalue weighted by Crippen LogP contribution is -2.59. The Balaban J connectivity index is 1.69. The molecule has 0 N–H and O–H groups in total. The monoisotopic (exact) mass is 496 g/mol. The summed E-state index contributed by atoms with van der Waals surface area (Å²) < 4.78 is 48.8. The van der Waals surface area contributed by atoms with Gasteiger partial charge in [0.05, 0.1) is 9.80 Å². The van der Waals surface area contributed by atoms with Gasteiger partial charge in [0.2, 0.25) is 9.84 Å². The van der Waals surface area contributed by atoms with Crippen LogP contribution in [0.3, 0.4) is 0 Å². The molecule has 2 aromatic carbocycles. The summed E-state index contributed by atoms with van der Waals surface area (Å²) in [6.45, 7) is 11.3. The van der Waals surface area contributed by atoms with E-state index in [1.54, 1.807) is 24.3 Å². The number of aryl methyl sites for hydroxylation is 1. The van der Waals surface area contributed by atoms with E-state index in [1.807, 2.05) is 19.1 Å². The predicted octanol–water partition coefficient (Wildman–Crippen LogP) is 7.70. The maximum Gasteiger partial charge on any atom is 0.206 e. The number of benzene rings is 2. The van der Waals surface area contributed by atoms with E-state index in [1.165, 1.54) is 18.6 Å². The predicted molar refractivity (Wildman–Crippen MR) is 138 cm³/mol. The van der Waals surface area contributed by atoms with E-state index >= 15 is 0 Å². The molecule has 5 rings (SSSR count). The molecule has 1 heterocycles. The van der Waals surface area contributed by atoms with Crippen molar-refractivity contribution in [1.82, 2.24) is 0 Å². The van der Waals surface area contributed by atoms with Crippen LogP contribution in [0.15, 0.2) is 58.3 Å². The van der Waals surface area contributed by atoms with Gasteiger partial charge in [-0.05, 0) is 99.1 Å². The van der Waals surface area contributed by atoms with Crippen molar-refractivity contribution in [2.45, 2.75) is 83.6 Å². The first kappa shape index (κ1) is 24.5. The zero-order valence-electron chi connectivity index (χ0n) is 21.5. The molecule has 35 heavy (non-hydrogen) atoms. The Morgan fingerprint density at radius 3 is 2.20 bits per heavy atom. The van der Waals surface area contributed by atoms with E-state index < -0.39 is 15.4 Å². The Morgan fingerprint density at radius 2 is 1.54 bits per heavy atom. The van der Waals surface area contributed by atoms with Crippen molar-refractivity contribution in [3.8, 4) is 0 Å². The first-order chi connectivity index (χ1) is 16.4. The van der Waals surface area contributed by atoms with Crippen molar-refractivity contribution < 1.29 is 17.5 Å². The number of allylic oxidation sites excluding steroid dienone is 1. The molecule has 0 unspecified atom stereocenters. The summed E-state index contributed by atoms with van der Waals surface area (Å²) in [4.78, 5) is 0.618. The molecular formula is C30H37FO3S. The average molecular weight is 497 g/mol. The molecule has 5 heteroatoms. The van der Waals surface area contributed by atoms with Gasteiger partial charge in [0.25, 0.3) is 0 Å². The average Bonchev–Trinajstić information content (AvgIpc) is 2.78. The largest absolute Gasteiger partial charge is 0.486 e. The summed E-state index contributed by atoms with van der Waals surface area (Å²) in [6.07, 6.45) is 5.87. The summed E-state index contributed by atoms with van der Waals surface area (Å²) in [7, 11) is -3.80. The molecule has 0 radical (unpaired) electrons. The van der Waals surface area contributed by atoms with Crippen LogP contribution in [0.5, 0.6) is 0 Å². The molecular weight excluding hydrogens is 459 g/mol. The lowest BCUT2D eigenvalue weighted by molar-refractivity contribution is -0.169. The van der Waals surface area contributed by atoms with Gasteiger partial charge in [-0.2, -0.15) is 0 Å². The highest BCUT2D eigenvalue weighted by Gasteiger charge is 2.61. The van der Waals surface area contributed by atoms with E-state index in [0.717, 1.165) is 31.2 Å². The van der Waals surface area contributed by atoms with E-state index in [2.05, 4.69) is 27.7 Å². The third-order valence-corrected chi connectivity index (χ3v) is 11.4. The molecule has 0 aromatic heterocycles. The lowest BCUT2D eigenvalue weighted by Gasteiger charge is -2.63. The second-order valence-corrected chi connectivity index (χ2v) is 14.2. The number of rotatable bonds is 3. The van der Waals surface area contributed by atoms with Crippen molar-refractivity contribution in [1.29, 1.82) is 0 Å². The molecule has 2 fully saturated rings. The maximum absolute atomic E-state index is 14.1. The number of hydrogen-bond donors (Lipinski definition) is 0. The Kier molecular flexibility index (Phi) is 5.75. The zero-order chi connectivity index (χ0) is 25.2. The molecule has 4 atom stereocenters. The van der Waals surface area contributed by atoms with Crippen LogP contribution in [0.25, 0.3) is 5.76 Å². The standard InChI is InChI=1S/C30H37FO3S/c1-20-7-13-23(14-8-20)35(32,33)24-19-26-29(4)17-6-16-28(2,3)25(29)15-18-30(26,5)34-27(24)21-9-11-22(31)12-10-21/h7-14,25-26H,6,15-19H2,1-5H3/t25-,26+,29-,30+/m1/s1. The van der Waals surface area contributed by atoms with Crippen LogP contribution in [0.4, 0.5) is 4.39 Å². The van der Waals surface area contributed by atoms with E-state index in [-0.39, 0.29) is 27.5 Å². The van der Waals surface area contributed by atoms with E-state index in [4.69, 9.17) is 4.74 Å². The topological polar surface area (TPSA) is 43.4 Å². The van der Waals surface area contributed by atoms with Gasteiger partial charge in [0, 0.05) is 11.5 Å². The van der Waals surface area contributed by atoms with Gasteiger partial charge >= 0.3 is 0 Å². The number of hydrogen-bond acceptors (Lipinski definition) is 3. The van der Waals surface area contributed by atoms with Crippen molar-refractivity contribution >= 4 is 15.6 Å². The molecule has 0 saturated heterocycles. The van der Waals surface area contributed by atoms with Gasteiger partial charge < -0.3 is 4.74 Å². The molecule has 0 spiro atoms. The first-order valence-corrected chi connectivity index (χ1v) is 14.4. The van der Waals surface area contributed by atoms with Gasteiger partial charge in [-0.25, -0.2) is 12.8 Å². The summed E-state index contributed by atoms with van der Waals surface area (Å²) in [6, 6.07) is 13.1. The fourth-order valence-electron chi connectivity index (χ4n) is 7.66. The van der Waals surface area contributed by atoms with Crippen LogP contribution in [0, 0.1) is 35.4 Å². The van der Waals surface area contributed by atoms with Gasteiger partial charge in [0.1, 0.15) is 17.2 Å². The van der Waals surface area contributed by atoms with Crippen LogP contribution >= 0.6 is 0 Å². The van der Waals surface area contributed by atoms with Gasteiger partial charge in [-0.15, -0.1) is 0 Å². The highest BCUT2D eigenvalue weighted by atomic mass is 32.2. The molecule has 1 aliphatic heterocycles. The molecule has 188 valence electrons. The highest BCUT2D eigenvalue weighted by molar-refractivity contribution is 7.95. The molecule has 2 aromatic rings. The van der Waals surface area contributed by atoms with Gasteiger partial charge in [-0.3, -0.25) is 0 Å². The summed E-state index contributed by atoms with van der Waals surface area (Å²) >= 11 is 0. The smallest absolute Gasteiger partial charge is 0.206 e. The van der Waals surface area contributed by atoms with Crippen molar-refractivity contribution in [2.24, 2.45) is 22.7 Å². The first-order valence-electron chi connectivity index (χ1n) is 12.9. The van der Waals surface area contributed by atoms with Crippen molar-refractivity contribution in [3.05, 3.63) is 70.4 Å². The Morgan fingerprint density at radius 1 is 0.886 bits per heavy atom. The molecule has 0 amide bonds. The summed E-state index contributed by atoms with van der Waals surface area (Å²) in [5.74, 6) is 0.657. The lowest BCUT2D eigenvalue weighted by atomic mass is 9.45. The van der Waals surface area contributed by atoms with E-state index in [0.29, 0.717) is 28.6 Å². The second kappa shape index (κ2) is 8.19. The fourth-order valence-corrected chi connectivity index (χ4v) is 9.23. The molecule has 2 saturated carbocycles. The minimum atomic E-state index is -3.80. The SMILES string of the molecule is Cc1ccc(S(=O)(=O)C2=C(c3ccc(F)cc3)O[C@@]3(C)CC[C@@H]4C(C)(C)CCC[C@@]4(C)[C@@H]3C2)cc1. The third-order valence-electron chi connectivity index (χ3n) is 9.48. The number of halogens is 1. The van der Waals surface area contributed by atoms with Crippen LogP contribution < -0.4 is 0 Å². The zero-order valence-corrected chi connectivity index (χ0v) is 22.3. The van der Waals surface area contributed by atoms with E-state index in [9.17, 15) is 12.8 Å². The fraction of sp³-hybridized carbons (Fsp3) is 0.533. The Labute approximate surface area is 209 Å². The number of fused-ring (bicyclic) bond motifs is 3. The molecule has 2 aliphatic carbocycles. The quantitative estimate of drug-likeness (QED) is 0.437. The highest BCUT2D eigenvalue weighted by Crippen LogP contribution is 2.66. The number of ether oxygens (including phenoxy) is 1. The van der Waals surface area contributed by atoms with Crippen LogP contribution in [0.2, 0.25) is 0 Å². The van der Waals surface area contributed by atoms with Crippen molar-refractivity contribution in [2.75, 3.05) is 0 Å². The van der Waals surface area contributed by atoms with Crippen LogP contribution in [-0.4, -0.2) is 14.0 Å². The van der Waals surface area contributed by atoms with Crippen molar-refractivity contribution in [3.63, 3.8) is 0 Å². The Hall–Kier alpha value is -2.14. The van der Waals surface area contributed by atoms with Crippen LogP contribution in [0.1, 0.15) is 77.3 Å². The summed E-state index contributed by atoms with van der Waals surface area (Å²) in [5.41, 5.74) is 1.39. The minimum Gasteiger partial charge on any atom is -0.486 e. The molecule has 0 bridgehead atoms. The van der Waals surface area contributed by atoms with Gasteiger partial charge in [0.15, 0.2) is 0 Å². The number of sulfone groups is 1. The van der Waals surface area contributed by atoms with Gasteiger partial charge in [-0.1, -0.05) is 44.9 Å². The maximum atomic E-state index is 14.1. The minimum absolute atomic E-state index is 0.00286. The molecule has 3 nitrogen and oxygen atoms in total. The van der Waals surface area contributed by atoms with Crippen LogP contribution in [-0.2, 0) is 14.6 Å². The molecule has 3 aliphatic rings. The normalized spacial score (nSPS) is 32.4. The third kappa shape index (κ3) is 3.94. The summed E-state index contributed by atoms with van der Waals surface area (Å²) in [5, 5.41) is 0. The Bertz CT molecular complexity index is 1260. The second-order valence-electron chi connectivity index (χ2n) is 12.2.